The van der Waals surface area contributed by atoms with Gasteiger partial charge in [-0.15, -0.1) is 0 Å². The van der Waals surface area contributed by atoms with Crippen molar-refractivity contribution in [1.82, 2.24) is 5.32 Å². The molecule has 1 atom stereocenters. The van der Waals surface area contributed by atoms with Crippen LogP contribution in [0.1, 0.15) is 49.3 Å². The Hall–Kier alpha value is -1.02. The lowest BCUT2D eigenvalue weighted by atomic mass is 9.92. The smallest absolute Gasteiger partial charge is 0.123 e. The van der Waals surface area contributed by atoms with Crippen LogP contribution in [0.5, 0.6) is 5.75 Å². The number of hydrogen-bond donors (Lipinski definition) is 1. The van der Waals surface area contributed by atoms with Gasteiger partial charge in [0.05, 0.1) is 7.11 Å². The Balaban J connectivity index is 2.17. The van der Waals surface area contributed by atoms with Gasteiger partial charge in [0, 0.05) is 11.6 Å². The molecule has 2 heteroatoms. The van der Waals surface area contributed by atoms with Gasteiger partial charge in [0.15, 0.2) is 0 Å². The lowest BCUT2D eigenvalue weighted by Crippen LogP contribution is -2.20. The molecular weight excluding hydrogens is 222 g/mol. The minimum atomic E-state index is 0.419. The van der Waals surface area contributed by atoms with Crippen molar-refractivity contribution in [3.05, 3.63) is 29.3 Å². The highest BCUT2D eigenvalue weighted by Crippen LogP contribution is 2.36. The van der Waals surface area contributed by atoms with Crippen molar-refractivity contribution in [2.75, 3.05) is 14.2 Å². The van der Waals surface area contributed by atoms with Crippen molar-refractivity contribution in [3.8, 4) is 5.75 Å². The SMILES string of the molecule is CNC(CC1CCCC1)c1cc(C)ccc1OC. The summed E-state index contributed by atoms with van der Waals surface area (Å²) in [6.07, 6.45) is 6.84. The maximum absolute atomic E-state index is 5.51. The van der Waals surface area contributed by atoms with Crippen molar-refractivity contribution >= 4 is 0 Å². The monoisotopic (exact) mass is 247 g/mol. The zero-order valence-corrected chi connectivity index (χ0v) is 11.8. The van der Waals surface area contributed by atoms with E-state index < -0.39 is 0 Å². The Morgan fingerprint density at radius 1 is 1.33 bits per heavy atom. The average molecular weight is 247 g/mol. The second-order valence-corrected chi connectivity index (χ2v) is 5.47. The lowest BCUT2D eigenvalue weighted by molar-refractivity contribution is 0.377. The molecule has 18 heavy (non-hydrogen) atoms. The number of aryl methyl sites for hydroxylation is 1. The van der Waals surface area contributed by atoms with Crippen LogP contribution >= 0.6 is 0 Å². The largest absolute Gasteiger partial charge is 0.496 e. The fourth-order valence-corrected chi connectivity index (χ4v) is 3.11. The molecule has 0 radical (unpaired) electrons. The average Bonchev–Trinajstić information content (AvgIpc) is 2.88. The third kappa shape index (κ3) is 3.05. The number of hydrogen-bond acceptors (Lipinski definition) is 2. The van der Waals surface area contributed by atoms with E-state index in [1.165, 1.54) is 43.2 Å². The van der Waals surface area contributed by atoms with Crippen LogP contribution < -0.4 is 10.1 Å². The van der Waals surface area contributed by atoms with Gasteiger partial charge in [0.1, 0.15) is 5.75 Å². The van der Waals surface area contributed by atoms with E-state index >= 15 is 0 Å². The number of benzene rings is 1. The summed E-state index contributed by atoms with van der Waals surface area (Å²) in [5.41, 5.74) is 2.62. The van der Waals surface area contributed by atoms with Gasteiger partial charge in [-0.05, 0) is 32.4 Å². The van der Waals surface area contributed by atoms with Gasteiger partial charge in [-0.1, -0.05) is 43.4 Å². The third-order valence-corrected chi connectivity index (χ3v) is 4.15. The molecule has 100 valence electrons. The molecule has 1 aliphatic carbocycles. The van der Waals surface area contributed by atoms with Crippen LogP contribution in [0, 0.1) is 12.8 Å². The van der Waals surface area contributed by atoms with Crippen LogP contribution in [0.15, 0.2) is 18.2 Å². The highest BCUT2D eigenvalue weighted by molar-refractivity contribution is 5.39. The number of ether oxygens (including phenoxy) is 1. The van der Waals surface area contributed by atoms with Crippen molar-refractivity contribution in [2.45, 2.75) is 45.1 Å². The van der Waals surface area contributed by atoms with Crippen molar-refractivity contribution in [2.24, 2.45) is 5.92 Å². The maximum Gasteiger partial charge on any atom is 0.123 e. The maximum atomic E-state index is 5.51. The van der Waals surface area contributed by atoms with Crippen LogP contribution in [-0.2, 0) is 0 Å². The molecule has 0 heterocycles. The summed E-state index contributed by atoms with van der Waals surface area (Å²) < 4.78 is 5.51. The molecule has 0 spiro atoms. The predicted molar refractivity (Wildman–Crippen MR) is 76.1 cm³/mol. The topological polar surface area (TPSA) is 21.3 Å². The molecule has 0 aromatic heterocycles. The molecule has 0 bridgehead atoms. The molecule has 1 aliphatic rings. The van der Waals surface area contributed by atoms with Crippen LogP contribution in [0.4, 0.5) is 0 Å². The summed E-state index contributed by atoms with van der Waals surface area (Å²) in [5, 5.41) is 3.47. The van der Waals surface area contributed by atoms with E-state index in [0.29, 0.717) is 6.04 Å². The van der Waals surface area contributed by atoms with E-state index in [0.717, 1.165) is 11.7 Å². The first-order valence-electron chi connectivity index (χ1n) is 7.06. The van der Waals surface area contributed by atoms with Gasteiger partial charge in [-0.25, -0.2) is 0 Å². The highest BCUT2D eigenvalue weighted by atomic mass is 16.5. The Kier molecular flexibility index (Phi) is 4.65. The van der Waals surface area contributed by atoms with Gasteiger partial charge in [0.25, 0.3) is 0 Å². The van der Waals surface area contributed by atoms with E-state index in [1.54, 1.807) is 7.11 Å². The number of rotatable bonds is 5. The summed E-state index contributed by atoms with van der Waals surface area (Å²) in [6, 6.07) is 6.88. The van der Waals surface area contributed by atoms with E-state index in [2.05, 4.69) is 37.5 Å². The molecule has 1 aromatic rings. The van der Waals surface area contributed by atoms with Crippen molar-refractivity contribution < 1.29 is 4.74 Å². The first-order chi connectivity index (χ1) is 8.74. The summed E-state index contributed by atoms with van der Waals surface area (Å²) in [7, 11) is 3.82. The number of nitrogens with one attached hydrogen (secondary N) is 1. The minimum Gasteiger partial charge on any atom is -0.496 e. The second-order valence-electron chi connectivity index (χ2n) is 5.47. The van der Waals surface area contributed by atoms with Gasteiger partial charge < -0.3 is 10.1 Å². The van der Waals surface area contributed by atoms with Crippen LogP contribution in [0.2, 0.25) is 0 Å². The predicted octanol–water partition coefficient (Wildman–Crippen LogP) is 3.84. The van der Waals surface area contributed by atoms with Crippen molar-refractivity contribution in [1.29, 1.82) is 0 Å². The fraction of sp³-hybridized carbons (Fsp3) is 0.625. The summed E-state index contributed by atoms with van der Waals surface area (Å²) in [4.78, 5) is 0. The Bertz CT molecular complexity index is 383. The van der Waals surface area contributed by atoms with Gasteiger partial charge >= 0.3 is 0 Å². The quantitative estimate of drug-likeness (QED) is 0.853. The van der Waals surface area contributed by atoms with Gasteiger partial charge in [-0.3, -0.25) is 0 Å². The zero-order valence-electron chi connectivity index (χ0n) is 11.8. The molecule has 1 N–H and O–H groups in total. The summed E-state index contributed by atoms with van der Waals surface area (Å²) >= 11 is 0. The van der Waals surface area contributed by atoms with E-state index in [1.807, 2.05) is 0 Å². The van der Waals surface area contributed by atoms with Gasteiger partial charge in [-0.2, -0.15) is 0 Å². The minimum absolute atomic E-state index is 0.419. The summed E-state index contributed by atoms with van der Waals surface area (Å²) in [5.74, 6) is 1.89. The molecule has 0 saturated heterocycles. The molecule has 1 unspecified atom stereocenters. The second kappa shape index (κ2) is 6.24. The first-order valence-corrected chi connectivity index (χ1v) is 7.06. The Labute approximate surface area is 111 Å². The highest BCUT2D eigenvalue weighted by Gasteiger charge is 2.22. The van der Waals surface area contributed by atoms with Crippen LogP contribution in [0.25, 0.3) is 0 Å². The molecule has 1 aromatic carbocycles. The zero-order chi connectivity index (χ0) is 13.0. The molecule has 1 fully saturated rings. The summed E-state index contributed by atoms with van der Waals surface area (Å²) in [6.45, 7) is 2.14. The van der Waals surface area contributed by atoms with E-state index in [-0.39, 0.29) is 0 Å². The Morgan fingerprint density at radius 3 is 2.67 bits per heavy atom. The first kappa shape index (κ1) is 13.4. The van der Waals surface area contributed by atoms with Crippen molar-refractivity contribution in [3.63, 3.8) is 0 Å². The molecule has 2 rings (SSSR count). The molecule has 1 saturated carbocycles. The number of methoxy groups -OCH3 is 1. The fourth-order valence-electron chi connectivity index (χ4n) is 3.11. The van der Waals surface area contributed by atoms with Gasteiger partial charge in [0.2, 0.25) is 0 Å². The molecule has 0 amide bonds. The standard InChI is InChI=1S/C16H25NO/c1-12-8-9-16(18-3)14(10-12)15(17-2)11-13-6-4-5-7-13/h8-10,13,15,17H,4-7,11H2,1-3H3. The Morgan fingerprint density at radius 2 is 2.06 bits per heavy atom. The van der Waals surface area contributed by atoms with E-state index in [9.17, 15) is 0 Å². The molecular formula is C16H25NO. The lowest BCUT2D eigenvalue weighted by Gasteiger charge is -2.23. The van der Waals surface area contributed by atoms with E-state index in [4.69, 9.17) is 4.74 Å². The van der Waals surface area contributed by atoms with Crippen LogP contribution in [-0.4, -0.2) is 14.2 Å². The normalized spacial score (nSPS) is 17.9. The molecule has 2 nitrogen and oxygen atoms in total. The molecule has 0 aliphatic heterocycles. The van der Waals surface area contributed by atoms with Crippen LogP contribution in [0.3, 0.4) is 0 Å². The third-order valence-electron chi connectivity index (χ3n) is 4.15.